The van der Waals surface area contributed by atoms with Gasteiger partial charge in [-0.25, -0.2) is 4.31 Å². The number of carbonyl (C=O) groups is 2. The minimum Gasteiger partial charge on any atom is -0.352 e. The van der Waals surface area contributed by atoms with E-state index in [4.69, 9.17) is 23.2 Å². The summed E-state index contributed by atoms with van der Waals surface area (Å²) in [6, 6.07) is 12.3. The van der Waals surface area contributed by atoms with Gasteiger partial charge in [0.2, 0.25) is 11.8 Å². The maximum Gasteiger partial charge on any atom is 0.304 e. The van der Waals surface area contributed by atoms with Crippen LogP contribution >= 0.6 is 23.2 Å². The topological polar surface area (TPSA) is 90.0 Å². The van der Waals surface area contributed by atoms with Crippen molar-refractivity contribution in [2.24, 2.45) is 0 Å². The van der Waals surface area contributed by atoms with Gasteiger partial charge in [0.05, 0.1) is 5.69 Å². The van der Waals surface area contributed by atoms with Gasteiger partial charge >= 0.3 is 10.2 Å². The zero-order valence-electron chi connectivity index (χ0n) is 20.5. The van der Waals surface area contributed by atoms with E-state index in [0.29, 0.717) is 27.7 Å². The van der Waals surface area contributed by atoms with E-state index >= 15 is 0 Å². The van der Waals surface area contributed by atoms with E-state index in [1.807, 2.05) is 13.8 Å². The number of para-hydroxylation sites is 1. The van der Waals surface area contributed by atoms with Crippen LogP contribution in [0.1, 0.15) is 32.8 Å². The molecule has 0 aliphatic carbocycles. The maximum absolute atomic E-state index is 13.7. The highest BCUT2D eigenvalue weighted by Crippen LogP contribution is 2.25. The molecule has 1 N–H and O–H groups in total. The lowest BCUT2D eigenvalue weighted by molar-refractivity contribution is -0.140. The Morgan fingerprint density at radius 1 is 1.03 bits per heavy atom. The molecule has 0 saturated carbocycles. The Balaban J connectivity index is 2.51. The van der Waals surface area contributed by atoms with Crippen LogP contribution in [0.15, 0.2) is 48.5 Å². The summed E-state index contributed by atoms with van der Waals surface area (Å²) >= 11 is 12.4. The largest absolute Gasteiger partial charge is 0.352 e. The standard InChI is InChI=1S/C24H32Cl2N4O4S/c1-6-22(24(32)27-17(2)3)29(15-18-12-13-19(25)14-21(18)26)23(31)16-30(35(33,34)28(4)5)20-10-8-7-9-11-20/h7-14,17,22H,6,15-16H2,1-5H3,(H,27,32). The summed E-state index contributed by atoms with van der Waals surface area (Å²) in [6.07, 6.45) is 0.321. The molecule has 0 aromatic heterocycles. The van der Waals surface area contributed by atoms with Crippen LogP contribution in [0.5, 0.6) is 0 Å². The molecule has 35 heavy (non-hydrogen) atoms. The molecule has 0 spiro atoms. The second-order valence-electron chi connectivity index (χ2n) is 8.48. The number of benzene rings is 2. The van der Waals surface area contributed by atoms with Gasteiger partial charge in [0.25, 0.3) is 0 Å². The van der Waals surface area contributed by atoms with E-state index in [9.17, 15) is 18.0 Å². The lowest BCUT2D eigenvalue weighted by atomic mass is 10.1. The van der Waals surface area contributed by atoms with Crippen LogP contribution in [-0.4, -0.2) is 62.2 Å². The van der Waals surface area contributed by atoms with E-state index in [0.717, 1.165) is 8.61 Å². The van der Waals surface area contributed by atoms with Crippen LogP contribution in [-0.2, 0) is 26.3 Å². The SMILES string of the molecule is CCC(C(=O)NC(C)C)N(Cc1ccc(Cl)cc1Cl)C(=O)CN(c1ccccc1)S(=O)(=O)N(C)C. The van der Waals surface area contributed by atoms with Gasteiger partial charge in [-0.15, -0.1) is 0 Å². The Morgan fingerprint density at radius 2 is 1.66 bits per heavy atom. The number of hydrogen-bond donors (Lipinski definition) is 1. The summed E-state index contributed by atoms with van der Waals surface area (Å²) in [6.45, 7) is 4.95. The Morgan fingerprint density at radius 3 is 2.17 bits per heavy atom. The molecule has 1 atom stereocenters. The van der Waals surface area contributed by atoms with Crippen molar-refractivity contribution in [3.63, 3.8) is 0 Å². The molecule has 0 aliphatic rings. The van der Waals surface area contributed by atoms with Gasteiger partial charge in [-0.1, -0.05) is 54.4 Å². The van der Waals surface area contributed by atoms with Gasteiger partial charge in [0.15, 0.2) is 0 Å². The lowest BCUT2D eigenvalue weighted by Crippen LogP contribution is -2.54. The second kappa shape index (κ2) is 12.6. The molecule has 0 fully saturated rings. The molecule has 11 heteroatoms. The number of amides is 2. The van der Waals surface area contributed by atoms with Crippen LogP contribution in [0.4, 0.5) is 5.69 Å². The molecule has 2 aromatic carbocycles. The average Bonchev–Trinajstić information content (AvgIpc) is 2.78. The summed E-state index contributed by atoms with van der Waals surface area (Å²) in [5.41, 5.74) is 0.917. The Labute approximate surface area is 218 Å². The molecule has 0 bridgehead atoms. The van der Waals surface area contributed by atoms with Crippen molar-refractivity contribution in [1.82, 2.24) is 14.5 Å². The van der Waals surface area contributed by atoms with E-state index in [1.165, 1.54) is 19.0 Å². The molecular weight excluding hydrogens is 511 g/mol. The molecule has 0 radical (unpaired) electrons. The molecule has 2 rings (SSSR count). The molecule has 0 heterocycles. The highest BCUT2D eigenvalue weighted by Gasteiger charge is 2.34. The Hall–Kier alpha value is -2.33. The van der Waals surface area contributed by atoms with Crippen LogP contribution < -0.4 is 9.62 Å². The van der Waals surface area contributed by atoms with Crippen molar-refractivity contribution >= 4 is 50.9 Å². The molecule has 0 aliphatic heterocycles. The summed E-state index contributed by atoms with van der Waals surface area (Å²) in [5, 5.41) is 3.63. The van der Waals surface area contributed by atoms with E-state index in [2.05, 4.69) is 5.32 Å². The quantitative estimate of drug-likeness (QED) is 0.465. The summed E-state index contributed by atoms with van der Waals surface area (Å²) in [4.78, 5) is 28.1. The molecule has 192 valence electrons. The fourth-order valence-electron chi connectivity index (χ4n) is 3.44. The highest BCUT2D eigenvalue weighted by atomic mass is 35.5. The number of nitrogens with zero attached hydrogens (tertiary/aromatic N) is 3. The minimum atomic E-state index is -4.00. The van der Waals surface area contributed by atoms with Crippen molar-refractivity contribution in [1.29, 1.82) is 0 Å². The van der Waals surface area contributed by atoms with Gasteiger partial charge in [-0.2, -0.15) is 12.7 Å². The van der Waals surface area contributed by atoms with Gasteiger partial charge in [0.1, 0.15) is 12.6 Å². The van der Waals surface area contributed by atoms with E-state index < -0.39 is 28.7 Å². The average molecular weight is 544 g/mol. The normalized spacial score (nSPS) is 12.5. The third kappa shape index (κ3) is 7.57. The number of carbonyl (C=O) groups excluding carboxylic acids is 2. The van der Waals surface area contributed by atoms with Gasteiger partial charge in [-0.3, -0.25) is 9.59 Å². The van der Waals surface area contributed by atoms with E-state index in [1.54, 1.807) is 55.5 Å². The lowest BCUT2D eigenvalue weighted by Gasteiger charge is -2.34. The third-order valence-electron chi connectivity index (χ3n) is 5.24. The number of nitrogens with one attached hydrogen (secondary N) is 1. The van der Waals surface area contributed by atoms with Crippen molar-refractivity contribution in [3.8, 4) is 0 Å². The fraction of sp³-hybridized carbons (Fsp3) is 0.417. The van der Waals surface area contributed by atoms with Crippen molar-refractivity contribution in [2.75, 3.05) is 24.9 Å². The zero-order chi connectivity index (χ0) is 26.3. The monoisotopic (exact) mass is 542 g/mol. The summed E-state index contributed by atoms with van der Waals surface area (Å²) in [5.74, 6) is -0.876. The van der Waals surface area contributed by atoms with Crippen LogP contribution in [0.3, 0.4) is 0 Å². The fourth-order valence-corrected chi connectivity index (χ4v) is 4.97. The van der Waals surface area contributed by atoms with Crippen LogP contribution in [0.25, 0.3) is 0 Å². The highest BCUT2D eigenvalue weighted by molar-refractivity contribution is 7.90. The number of hydrogen-bond acceptors (Lipinski definition) is 4. The van der Waals surface area contributed by atoms with Crippen molar-refractivity contribution in [3.05, 3.63) is 64.1 Å². The second-order valence-corrected chi connectivity index (χ2v) is 11.4. The molecular formula is C24H32Cl2N4O4S. The number of anilines is 1. The Bertz CT molecular complexity index is 1130. The third-order valence-corrected chi connectivity index (χ3v) is 7.64. The van der Waals surface area contributed by atoms with Crippen molar-refractivity contribution in [2.45, 2.75) is 45.8 Å². The zero-order valence-corrected chi connectivity index (χ0v) is 22.9. The predicted octanol–water partition coefficient (Wildman–Crippen LogP) is 3.94. The van der Waals surface area contributed by atoms with Gasteiger partial charge < -0.3 is 10.2 Å². The van der Waals surface area contributed by atoms with Gasteiger partial charge in [-0.05, 0) is 50.1 Å². The smallest absolute Gasteiger partial charge is 0.304 e. The molecule has 0 saturated heterocycles. The first-order chi connectivity index (χ1) is 16.4. The summed E-state index contributed by atoms with van der Waals surface area (Å²) < 4.78 is 28.3. The maximum atomic E-state index is 13.7. The Kier molecular flexibility index (Phi) is 10.4. The number of halogens is 2. The van der Waals surface area contributed by atoms with Crippen LogP contribution in [0.2, 0.25) is 10.0 Å². The molecule has 2 aromatic rings. The van der Waals surface area contributed by atoms with Crippen LogP contribution in [0, 0.1) is 0 Å². The predicted molar refractivity (Wildman–Crippen MR) is 141 cm³/mol. The first-order valence-electron chi connectivity index (χ1n) is 11.2. The van der Waals surface area contributed by atoms with Crippen molar-refractivity contribution < 1.29 is 18.0 Å². The summed E-state index contributed by atoms with van der Waals surface area (Å²) in [7, 11) is -1.21. The van der Waals surface area contributed by atoms with E-state index in [-0.39, 0.29) is 18.5 Å². The molecule has 8 nitrogen and oxygen atoms in total. The minimum absolute atomic E-state index is 0.00347. The number of rotatable bonds is 11. The van der Waals surface area contributed by atoms with Gasteiger partial charge in [0, 0.05) is 36.7 Å². The molecule has 2 amide bonds. The first-order valence-corrected chi connectivity index (χ1v) is 13.3. The first kappa shape index (κ1) is 28.9. The molecule has 1 unspecified atom stereocenters.